The Morgan fingerprint density at radius 3 is 2.52 bits per heavy atom. The summed E-state index contributed by atoms with van der Waals surface area (Å²) in [6.07, 6.45) is 1.51. The van der Waals surface area contributed by atoms with E-state index in [1.807, 2.05) is 49.4 Å². The molecule has 0 fully saturated rings. The molecular formula is C24H16ClF2N5O. The summed E-state index contributed by atoms with van der Waals surface area (Å²) in [6, 6.07) is 17.1. The van der Waals surface area contributed by atoms with Gasteiger partial charge in [-0.05, 0) is 55.0 Å². The summed E-state index contributed by atoms with van der Waals surface area (Å²) < 4.78 is 28.6. The number of fused-ring (bicyclic) bond motifs is 1. The Morgan fingerprint density at radius 2 is 1.76 bits per heavy atom. The highest BCUT2D eigenvalue weighted by Crippen LogP contribution is 2.30. The minimum absolute atomic E-state index is 0.0899. The van der Waals surface area contributed by atoms with Gasteiger partial charge in [-0.2, -0.15) is 0 Å². The van der Waals surface area contributed by atoms with Crippen LogP contribution in [0.4, 0.5) is 20.2 Å². The van der Waals surface area contributed by atoms with E-state index in [-0.39, 0.29) is 5.69 Å². The molecule has 33 heavy (non-hydrogen) atoms. The van der Waals surface area contributed by atoms with Crippen molar-refractivity contribution < 1.29 is 13.9 Å². The molecule has 3 aromatic carbocycles. The predicted molar refractivity (Wildman–Crippen MR) is 123 cm³/mol. The molecule has 2 N–H and O–H groups in total. The normalized spacial score (nSPS) is 11.2. The zero-order valence-electron chi connectivity index (χ0n) is 17.2. The number of phenols is 1. The second-order valence-corrected chi connectivity index (χ2v) is 7.87. The van der Waals surface area contributed by atoms with Crippen LogP contribution in [0.25, 0.3) is 28.0 Å². The van der Waals surface area contributed by atoms with Crippen molar-refractivity contribution in [3.05, 3.63) is 89.1 Å². The number of hydrogen-bond acceptors (Lipinski definition) is 5. The summed E-state index contributed by atoms with van der Waals surface area (Å²) in [5.74, 6) is -3.20. The van der Waals surface area contributed by atoms with Crippen molar-refractivity contribution in [2.24, 2.45) is 0 Å². The van der Waals surface area contributed by atoms with E-state index in [0.29, 0.717) is 16.4 Å². The monoisotopic (exact) mass is 463 g/mol. The number of nitrogens with one attached hydrogen (secondary N) is 1. The molecule has 164 valence electrons. The van der Waals surface area contributed by atoms with Crippen LogP contribution in [0, 0.1) is 18.6 Å². The number of anilines is 2. The van der Waals surface area contributed by atoms with Crippen LogP contribution in [0.15, 0.2) is 66.9 Å². The number of aryl methyl sites for hydroxylation is 1. The first kappa shape index (κ1) is 20.8. The van der Waals surface area contributed by atoms with Gasteiger partial charge >= 0.3 is 0 Å². The SMILES string of the molecule is Cc1cc(Nc2cccc3nc(-c4cn(-c5cc(F)c(O)c(F)c5)nn4)ccc23)ccc1Cl. The molecule has 0 spiro atoms. The summed E-state index contributed by atoms with van der Waals surface area (Å²) >= 11 is 6.12. The first-order chi connectivity index (χ1) is 15.9. The minimum Gasteiger partial charge on any atom is -0.503 e. The van der Waals surface area contributed by atoms with Gasteiger partial charge < -0.3 is 10.4 Å². The third-order valence-electron chi connectivity index (χ3n) is 5.19. The smallest absolute Gasteiger partial charge is 0.187 e. The van der Waals surface area contributed by atoms with Gasteiger partial charge in [-0.25, -0.2) is 18.4 Å². The predicted octanol–water partition coefficient (Wildman–Crippen LogP) is 6.17. The second-order valence-electron chi connectivity index (χ2n) is 7.46. The molecule has 0 radical (unpaired) electrons. The van der Waals surface area contributed by atoms with E-state index in [0.717, 1.165) is 40.0 Å². The number of nitrogens with zero attached hydrogens (tertiary/aromatic N) is 4. The van der Waals surface area contributed by atoms with Gasteiger partial charge in [0.2, 0.25) is 0 Å². The van der Waals surface area contributed by atoms with Crippen LogP contribution >= 0.6 is 11.6 Å². The number of aromatic nitrogens is 4. The van der Waals surface area contributed by atoms with Crippen molar-refractivity contribution in [2.45, 2.75) is 6.92 Å². The van der Waals surface area contributed by atoms with E-state index in [1.54, 1.807) is 6.07 Å². The van der Waals surface area contributed by atoms with Crippen LogP contribution in [0.3, 0.4) is 0 Å². The summed E-state index contributed by atoms with van der Waals surface area (Å²) in [7, 11) is 0. The Morgan fingerprint density at radius 1 is 0.970 bits per heavy atom. The quantitative estimate of drug-likeness (QED) is 0.333. The molecule has 0 saturated carbocycles. The van der Waals surface area contributed by atoms with Crippen molar-refractivity contribution in [1.82, 2.24) is 20.0 Å². The van der Waals surface area contributed by atoms with Crippen LogP contribution < -0.4 is 5.32 Å². The summed E-state index contributed by atoms with van der Waals surface area (Å²) in [5.41, 5.74) is 4.56. The van der Waals surface area contributed by atoms with Crippen LogP contribution in [0.5, 0.6) is 5.75 Å². The highest BCUT2D eigenvalue weighted by Gasteiger charge is 2.14. The number of hydrogen-bond donors (Lipinski definition) is 2. The average molecular weight is 464 g/mol. The van der Waals surface area contributed by atoms with Gasteiger partial charge in [-0.1, -0.05) is 22.9 Å². The van der Waals surface area contributed by atoms with Crippen LogP contribution in [0.2, 0.25) is 5.02 Å². The lowest BCUT2D eigenvalue weighted by atomic mass is 10.1. The van der Waals surface area contributed by atoms with E-state index in [2.05, 4.69) is 20.6 Å². The molecule has 0 aliphatic carbocycles. The van der Waals surface area contributed by atoms with E-state index in [9.17, 15) is 13.9 Å². The fourth-order valence-corrected chi connectivity index (χ4v) is 3.59. The van der Waals surface area contributed by atoms with Crippen molar-refractivity contribution >= 4 is 33.9 Å². The Bertz CT molecular complexity index is 1500. The standard InChI is InChI=1S/C24H16ClF2N5O/c1-13-9-14(5-7-17(13)25)28-20-3-2-4-21-16(20)6-8-22(29-21)23-12-32(31-30-23)15-10-18(26)24(33)19(27)11-15/h2-12,28,33H,1H3. The minimum atomic E-state index is -1.08. The lowest BCUT2D eigenvalue weighted by Crippen LogP contribution is -1.97. The van der Waals surface area contributed by atoms with Crippen molar-refractivity contribution in [3.63, 3.8) is 0 Å². The molecule has 6 nitrogen and oxygen atoms in total. The van der Waals surface area contributed by atoms with Gasteiger partial charge in [0.05, 0.1) is 23.1 Å². The molecule has 0 aliphatic heterocycles. The average Bonchev–Trinajstić information content (AvgIpc) is 3.30. The van der Waals surface area contributed by atoms with Crippen molar-refractivity contribution in [2.75, 3.05) is 5.32 Å². The number of benzene rings is 3. The van der Waals surface area contributed by atoms with Gasteiger partial charge in [0, 0.05) is 33.9 Å². The maximum Gasteiger partial charge on any atom is 0.187 e. The highest BCUT2D eigenvalue weighted by molar-refractivity contribution is 6.31. The molecule has 2 aromatic heterocycles. The van der Waals surface area contributed by atoms with Crippen LogP contribution in [-0.4, -0.2) is 25.1 Å². The number of phenolic OH excluding ortho intramolecular Hbond substituents is 1. The molecule has 0 unspecified atom stereocenters. The largest absolute Gasteiger partial charge is 0.503 e. The molecule has 0 amide bonds. The Hall–Kier alpha value is -4.04. The first-order valence-electron chi connectivity index (χ1n) is 9.93. The van der Waals surface area contributed by atoms with Gasteiger partial charge in [-0.3, -0.25) is 0 Å². The van der Waals surface area contributed by atoms with E-state index >= 15 is 0 Å². The Balaban J connectivity index is 1.48. The van der Waals surface area contributed by atoms with Crippen molar-refractivity contribution in [1.29, 1.82) is 0 Å². The number of aromatic hydroxyl groups is 1. The Kier molecular flexibility index (Phi) is 5.14. The lowest BCUT2D eigenvalue weighted by molar-refractivity contribution is 0.395. The number of halogens is 3. The molecule has 5 aromatic rings. The summed E-state index contributed by atoms with van der Waals surface area (Å²) in [5, 5.41) is 22.3. The number of pyridine rings is 1. The lowest BCUT2D eigenvalue weighted by Gasteiger charge is -2.11. The van der Waals surface area contributed by atoms with Gasteiger partial charge in [0.1, 0.15) is 5.69 Å². The fraction of sp³-hybridized carbons (Fsp3) is 0.0417. The summed E-state index contributed by atoms with van der Waals surface area (Å²) in [6.45, 7) is 1.94. The highest BCUT2D eigenvalue weighted by atomic mass is 35.5. The molecule has 5 rings (SSSR count). The van der Waals surface area contributed by atoms with Crippen LogP contribution in [0.1, 0.15) is 5.56 Å². The van der Waals surface area contributed by atoms with Gasteiger partial charge in [0.25, 0.3) is 0 Å². The van der Waals surface area contributed by atoms with E-state index in [1.165, 1.54) is 10.9 Å². The second kappa shape index (κ2) is 8.14. The summed E-state index contributed by atoms with van der Waals surface area (Å²) in [4.78, 5) is 4.67. The third-order valence-corrected chi connectivity index (χ3v) is 5.61. The molecule has 2 heterocycles. The zero-order valence-corrected chi connectivity index (χ0v) is 18.0. The topological polar surface area (TPSA) is 75.9 Å². The Labute approximate surface area is 192 Å². The molecule has 0 aliphatic rings. The van der Waals surface area contributed by atoms with E-state index < -0.39 is 17.4 Å². The van der Waals surface area contributed by atoms with Gasteiger partial charge in [0.15, 0.2) is 17.4 Å². The first-order valence-corrected chi connectivity index (χ1v) is 10.3. The van der Waals surface area contributed by atoms with E-state index in [4.69, 9.17) is 11.6 Å². The van der Waals surface area contributed by atoms with Crippen LogP contribution in [-0.2, 0) is 0 Å². The molecule has 9 heteroatoms. The van der Waals surface area contributed by atoms with Crippen molar-refractivity contribution in [3.8, 4) is 22.8 Å². The maximum atomic E-state index is 13.7. The van der Waals surface area contributed by atoms with Gasteiger partial charge in [-0.15, -0.1) is 5.10 Å². The molecular weight excluding hydrogens is 448 g/mol. The molecule has 0 atom stereocenters. The maximum absolute atomic E-state index is 13.7. The third kappa shape index (κ3) is 3.96. The fourth-order valence-electron chi connectivity index (χ4n) is 3.48. The number of rotatable bonds is 4. The zero-order chi connectivity index (χ0) is 23.1. The molecule has 0 bridgehead atoms. The molecule has 0 saturated heterocycles.